The summed E-state index contributed by atoms with van der Waals surface area (Å²) in [5.41, 5.74) is 0.713. The van der Waals surface area contributed by atoms with Crippen molar-refractivity contribution in [3.63, 3.8) is 0 Å². The van der Waals surface area contributed by atoms with Crippen LogP contribution in [0.25, 0.3) is 21.5 Å². The monoisotopic (exact) mass is 1320 g/mol. The minimum Gasteiger partial charge on any atom is -0.394 e. The van der Waals surface area contributed by atoms with Crippen LogP contribution >= 0.6 is 0 Å². The van der Waals surface area contributed by atoms with Crippen LogP contribution in [-0.2, 0) is 77.7 Å². The van der Waals surface area contributed by atoms with Crippen molar-refractivity contribution in [2.45, 2.75) is 222 Å². The van der Waals surface area contributed by atoms with Gasteiger partial charge in [0.15, 0.2) is 44.0 Å². The molecule has 14 bridgehead atoms. The maximum absolute atomic E-state index is 12.0. The molecule has 3 aromatic rings. The number of rotatable bonds is 10. The minimum atomic E-state index is -2.22. The quantitative estimate of drug-likeness (QED) is 0.0838. The highest BCUT2D eigenvalue weighted by Crippen LogP contribution is 2.40. The molecule has 21 saturated heterocycles. The number of fused-ring (bicyclic) bond motifs is 2. The van der Waals surface area contributed by atoms with Crippen molar-refractivity contribution in [1.29, 1.82) is 0 Å². The van der Waals surface area contributed by atoms with E-state index in [9.17, 15) is 102 Å². The van der Waals surface area contributed by atoms with Gasteiger partial charge in [0, 0.05) is 0 Å². The Kier molecular flexibility index (Phi) is 22.8. The molecule has 35 nitrogen and oxygen atoms in total. The number of benzene rings is 3. The van der Waals surface area contributed by atoms with Crippen LogP contribution in [0.3, 0.4) is 0 Å². The molecular weight excluding hydrogens is 1240 g/mol. The van der Waals surface area contributed by atoms with Crippen LogP contribution in [0.4, 0.5) is 0 Å². The number of aliphatic hydroxyl groups is 20. The second kappa shape index (κ2) is 29.9. The van der Waals surface area contributed by atoms with Crippen molar-refractivity contribution in [3.05, 3.63) is 60.2 Å². The lowest BCUT2D eigenvalue weighted by Crippen LogP contribution is -2.68. The summed E-state index contributed by atoms with van der Waals surface area (Å²) < 4.78 is 88.4. The van der Waals surface area contributed by atoms with Gasteiger partial charge in [0.25, 0.3) is 0 Å². The highest BCUT2D eigenvalue weighted by Gasteiger charge is 2.60. The Balaban J connectivity index is 0.897. The number of aliphatic hydroxyl groups excluding tert-OH is 20. The predicted molar refractivity (Wildman–Crippen MR) is 292 cm³/mol. The molecular formula is C57H80O35. The summed E-state index contributed by atoms with van der Waals surface area (Å²) in [6.07, 6.45) is -70.4. The van der Waals surface area contributed by atoms with Crippen LogP contribution in [0, 0.1) is 0 Å². The van der Waals surface area contributed by atoms with Gasteiger partial charge in [-0.1, -0.05) is 48.5 Å². The molecule has 0 aromatic heterocycles. The molecule has 21 aliphatic rings. The third-order valence-corrected chi connectivity index (χ3v) is 18.0. The zero-order valence-corrected chi connectivity index (χ0v) is 48.6. The van der Waals surface area contributed by atoms with Crippen LogP contribution in [-0.4, -0.2) is 363 Å². The molecule has 0 saturated carbocycles. The van der Waals surface area contributed by atoms with Gasteiger partial charge in [-0.3, -0.25) is 0 Å². The predicted octanol–water partition coefficient (Wildman–Crippen LogP) is -10.7. The Labute approximate surface area is 521 Å². The smallest absolute Gasteiger partial charge is 0.187 e. The van der Waals surface area contributed by atoms with Crippen molar-refractivity contribution >= 4 is 21.5 Å². The molecule has 20 N–H and O–H groups in total. The first kappa shape index (κ1) is 70.1. The van der Waals surface area contributed by atoms with E-state index in [0.29, 0.717) is 5.56 Å². The average Bonchev–Trinajstić information content (AvgIpc) is 0.814. The summed E-state index contributed by atoms with van der Waals surface area (Å²) in [7, 11) is 0. The SMILES string of the molecule is OC[C@H]1O[C@@H]2O[C@H]3[C@H](O)[C@@H](O)[C@@H](O[C@H]4[C@H](O)[C@@H](O)[C@@H](O[C@H]5[C@H](O)[C@@H](O)[C@@H](O[C@H]6[C@H](O)[C@@H](O)[C@@H](O[C@H]7[C@H](O)[C@@H](O)[C@@H](O[C@H]8[C@H](O)[C@@H](O)[C@@H](O[C@H]1[C@H](O)[C@H]2O)O[C@@H]8CO)O[C@@H]7CO)O[C@@H]6CO)O[C@@H]5COCc1c2ccccc2cc2ccccc12)O[C@@H]4CO)O[C@@H]3CO. The molecule has 0 radical (unpaired) electrons. The summed E-state index contributed by atoms with van der Waals surface area (Å²) in [5, 5.41) is 229. The van der Waals surface area contributed by atoms with Crippen LogP contribution in [0.5, 0.6) is 0 Å². The maximum Gasteiger partial charge on any atom is 0.187 e. The molecule has 21 aliphatic heterocycles. The maximum atomic E-state index is 12.0. The Morgan fingerprint density at radius 1 is 0.261 bits per heavy atom. The van der Waals surface area contributed by atoms with Gasteiger partial charge in [0.05, 0.1) is 52.9 Å². The lowest BCUT2D eigenvalue weighted by Gasteiger charge is -2.50. The zero-order chi connectivity index (χ0) is 65.7. The summed E-state index contributed by atoms with van der Waals surface area (Å²) >= 11 is 0. The number of hydrogen-bond donors (Lipinski definition) is 20. The van der Waals surface area contributed by atoms with E-state index in [2.05, 4.69) is 0 Å². The molecule has 0 aliphatic carbocycles. The normalized spacial score (nSPS) is 48.3. The molecule has 0 amide bonds. The summed E-state index contributed by atoms with van der Waals surface area (Å²) in [4.78, 5) is 0. The molecule has 21 fully saturated rings. The molecule has 21 heterocycles. The molecule has 35 heteroatoms. The topological polar surface area (TPSA) is 543 Å². The first-order valence-corrected chi connectivity index (χ1v) is 30.0. The lowest BCUT2D eigenvalue weighted by atomic mass is 9.95. The fraction of sp³-hybridized carbons (Fsp3) is 0.754. The van der Waals surface area contributed by atoms with Gasteiger partial charge in [-0.15, -0.1) is 0 Å². The highest BCUT2D eigenvalue weighted by molar-refractivity contribution is 6.02. The third-order valence-electron chi connectivity index (χ3n) is 18.0. The van der Waals surface area contributed by atoms with E-state index >= 15 is 0 Å². The molecule has 518 valence electrons. The second-order valence-corrected chi connectivity index (χ2v) is 23.8. The molecule has 0 spiro atoms. The lowest BCUT2D eigenvalue weighted by molar-refractivity contribution is -0.397. The van der Waals surface area contributed by atoms with E-state index in [1.165, 1.54) is 0 Å². The summed E-state index contributed by atoms with van der Waals surface area (Å²) in [6.45, 7) is -6.97. The van der Waals surface area contributed by atoms with Crippen molar-refractivity contribution in [2.75, 3.05) is 46.2 Å². The average molecular weight is 1330 g/mol. The van der Waals surface area contributed by atoms with E-state index in [-0.39, 0.29) is 6.61 Å². The number of ether oxygens (including phenoxy) is 15. The molecule has 3 aromatic carbocycles. The fourth-order valence-corrected chi connectivity index (χ4v) is 12.9. The van der Waals surface area contributed by atoms with Gasteiger partial charge >= 0.3 is 0 Å². The van der Waals surface area contributed by atoms with E-state index in [4.69, 9.17) is 71.1 Å². The fourth-order valence-electron chi connectivity index (χ4n) is 12.9. The summed E-state index contributed by atoms with van der Waals surface area (Å²) in [5.74, 6) is 0. The van der Waals surface area contributed by atoms with Crippen molar-refractivity contribution in [1.82, 2.24) is 0 Å². The van der Waals surface area contributed by atoms with Gasteiger partial charge in [0.1, 0.15) is 171 Å². The Morgan fingerprint density at radius 3 is 0.696 bits per heavy atom. The van der Waals surface area contributed by atoms with Crippen LogP contribution in [0.2, 0.25) is 0 Å². The van der Waals surface area contributed by atoms with Gasteiger partial charge in [-0.25, -0.2) is 0 Å². The van der Waals surface area contributed by atoms with E-state index < -0.39 is 261 Å². The highest BCUT2D eigenvalue weighted by atomic mass is 16.8. The molecule has 92 heavy (non-hydrogen) atoms. The van der Waals surface area contributed by atoms with Gasteiger partial charge < -0.3 is 173 Å². The second-order valence-electron chi connectivity index (χ2n) is 23.8. The zero-order valence-electron chi connectivity index (χ0n) is 48.6. The summed E-state index contributed by atoms with van der Waals surface area (Å²) in [6, 6.07) is 16.9. The van der Waals surface area contributed by atoms with E-state index in [0.717, 1.165) is 21.5 Å². The first-order valence-electron chi connectivity index (χ1n) is 30.0. The van der Waals surface area contributed by atoms with Gasteiger partial charge in [-0.05, 0) is 33.2 Å². The first-order chi connectivity index (χ1) is 44.1. The molecule has 35 atom stereocenters. The minimum absolute atomic E-state index is 0.135. The Morgan fingerprint density at radius 2 is 0.467 bits per heavy atom. The molecule has 24 rings (SSSR count). The van der Waals surface area contributed by atoms with Crippen molar-refractivity contribution in [2.24, 2.45) is 0 Å². The standard InChI is InChI=1S/C57H80O35/c58-10-23-44-31(65)38(72)52(80-23)88-46-25(12-60)82-54(40(74)33(46)67)90-48-27(14-62)84-56(42(76)35(48)69)92-50-29(17-78-16-22-20-7-3-1-5-18(20)9-19-6-2-4-8-21(19)22)85-57(43(77)36(50)70)91-49-28(15-63)83-55(41(75)34(49)68)89-47-26(13-61)81-53(39(73)32(47)66)87-45-24(11-59)79-51(86-44)37(71)30(45)64/h1-9,23-77H,10-17H2/t23-,24-,25-,26-,27-,28-,29-,30-,31-,32-,33-,34-,35-,36-,37-,38-,39-,40-,41-,42-,43-,44-,45-,46-,47-,48-,49-,50-,51-,52-,53-,54-,55-,56-,57-/m1/s1. The van der Waals surface area contributed by atoms with Gasteiger partial charge in [0.2, 0.25) is 0 Å². The molecule has 0 unspecified atom stereocenters. The van der Waals surface area contributed by atoms with Crippen LogP contribution < -0.4 is 0 Å². The Bertz CT molecular complexity index is 2780. The van der Waals surface area contributed by atoms with Crippen LogP contribution in [0.1, 0.15) is 5.56 Å². The van der Waals surface area contributed by atoms with Gasteiger partial charge in [-0.2, -0.15) is 0 Å². The van der Waals surface area contributed by atoms with Crippen LogP contribution in [0.15, 0.2) is 54.6 Å². The third kappa shape index (κ3) is 13.6. The number of hydrogen-bond acceptors (Lipinski definition) is 35. The van der Waals surface area contributed by atoms with E-state index in [1.54, 1.807) is 0 Å². The van der Waals surface area contributed by atoms with Crippen molar-refractivity contribution in [3.8, 4) is 0 Å². The van der Waals surface area contributed by atoms with Crippen molar-refractivity contribution < 1.29 is 173 Å². The van der Waals surface area contributed by atoms with E-state index in [1.807, 2.05) is 54.6 Å². The largest absolute Gasteiger partial charge is 0.394 e. The Hall–Kier alpha value is -3.22.